The fourth-order valence-corrected chi connectivity index (χ4v) is 5.02. The number of benzene rings is 1. The van der Waals surface area contributed by atoms with Gasteiger partial charge in [-0.2, -0.15) is 0 Å². The molecular formula is C13H17NO2S. The summed E-state index contributed by atoms with van der Waals surface area (Å²) in [5, 5.41) is 3.17. The zero-order valence-corrected chi connectivity index (χ0v) is 10.7. The zero-order chi connectivity index (χ0) is 12.0. The molecule has 1 aromatic carbocycles. The maximum atomic E-state index is 12.5. The average Bonchev–Trinajstić information content (AvgIpc) is 2.91. The zero-order valence-electron chi connectivity index (χ0n) is 9.89. The third-order valence-electron chi connectivity index (χ3n) is 3.99. The van der Waals surface area contributed by atoms with Crippen LogP contribution in [0.4, 0.5) is 0 Å². The van der Waals surface area contributed by atoms with Gasteiger partial charge >= 0.3 is 0 Å². The quantitative estimate of drug-likeness (QED) is 0.869. The number of nitrogens with one attached hydrogen (secondary N) is 1. The van der Waals surface area contributed by atoms with Gasteiger partial charge in [-0.05, 0) is 38.3 Å². The molecule has 1 N–H and O–H groups in total. The summed E-state index contributed by atoms with van der Waals surface area (Å²) < 4.78 is 25.0. The van der Waals surface area contributed by atoms with E-state index in [1.165, 1.54) is 0 Å². The molecule has 2 saturated heterocycles. The maximum absolute atomic E-state index is 12.5. The lowest BCUT2D eigenvalue weighted by molar-refractivity contribution is 0.530. The first-order chi connectivity index (χ1) is 8.07. The highest BCUT2D eigenvalue weighted by Crippen LogP contribution is 2.35. The molecule has 3 unspecified atom stereocenters. The van der Waals surface area contributed by atoms with E-state index in [-0.39, 0.29) is 11.3 Å². The summed E-state index contributed by atoms with van der Waals surface area (Å²) >= 11 is 0. The van der Waals surface area contributed by atoms with Gasteiger partial charge in [-0.25, -0.2) is 8.42 Å². The van der Waals surface area contributed by atoms with Gasteiger partial charge in [0, 0.05) is 12.1 Å². The predicted molar refractivity (Wildman–Crippen MR) is 66.7 cm³/mol. The Morgan fingerprint density at radius 1 is 1.18 bits per heavy atom. The molecule has 2 bridgehead atoms. The summed E-state index contributed by atoms with van der Waals surface area (Å²) in [5.74, 6) is 0. The molecule has 3 atom stereocenters. The summed E-state index contributed by atoms with van der Waals surface area (Å²) in [5.41, 5.74) is 1.09. The van der Waals surface area contributed by atoms with E-state index in [0.717, 1.165) is 24.8 Å². The third-order valence-corrected chi connectivity index (χ3v) is 6.24. The lowest BCUT2D eigenvalue weighted by Crippen LogP contribution is -2.34. The van der Waals surface area contributed by atoms with Crippen LogP contribution in [-0.2, 0) is 9.84 Å². The number of fused-ring (bicyclic) bond motifs is 2. The molecule has 0 spiro atoms. The van der Waals surface area contributed by atoms with Gasteiger partial charge in [-0.15, -0.1) is 0 Å². The van der Waals surface area contributed by atoms with Crippen molar-refractivity contribution in [1.29, 1.82) is 0 Å². The molecule has 0 saturated carbocycles. The lowest BCUT2D eigenvalue weighted by Gasteiger charge is -2.20. The van der Waals surface area contributed by atoms with Crippen molar-refractivity contribution in [2.45, 2.75) is 48.4 Å². The minimum atomic E-state index is -3.15. The van der Waals surface area contributed by atoms with Crippen LogP contribution in [0.2, 0.25) is 0 Å². The van der Waals surface area contributed by atoms with Crippen molar-refractivity contribution < 1.29 is 8.42 Å². The molecule has 1 aromatic rings. The van der Waals surface area contributed by atoms with Crippen LogP contribution in [0.3, 0.4) is 0 Å². The summed E-state index contributed by atoms with van der Waals surface area (Å²) in [6.45, 7) is 1.97. The summed E-state index contributed by atoms with van der Waals surface area (Å²) in [6.07, 6.45) is 2.91. The van der Waals surface area contributed by atoms with Crippen molar-refractivity contribution in [1.82, 2.24) is 5.32 Å². The van der Waals surface area contributed by atoms with Gasteiger partial charge in [-0.3, -0.25) is 0 Å². The molecule has 2 aliphatic rings. The Bertz CT molecular complexity index is 521. The van der Waals surface area contributed by atoms with Crippen LogP contribution in [0.1, 0.15) is 24.8 Å². The Kier molecular flexibility index (Phi) is 2.52. The Hall–Kier alpha value is -0.870. The van der Waals surface area contributed by atoms with E-state index in [1.54, 1.807) is 12.1 Å². The standard InChI is InChI=1S/C13H17NO2S/c1-9-2-5-11(6-3-9)17(15,16)13-8-10-4-7-12(13)14-10/h2-3,5-6,10,12-14H,4,7-8H2,1H3. The fourth-order valence-electron chi connectivity index (χ4n) is 3.02. The molecule has 0 aromatic heterocycles. The molecule has 3 rings (SSSR count). The molecular weight excluding hydrogens is 234 g/mol. The molecule has 0 amide bonds. The van der Waals surface area contributed by atoms with Crippen LogP contribution < -0.4 is 5.32 Å². The lowest BCUT2D eigenvalue weighted by atomic mass is 10.0. The Balaban J connectivity index is 1.93. The first-order valence-electron chi connectivity index (χ1n) is 6.14. The van der Waals surface area contributed by atoms with Gasteiger partial charge in [0.1, 0.15) is 0 Å². The minimum absolute atomic E-state index is 0.173. The largest absolute Gasteiger partial charge is 0.310 e. The molecule has 92 valence electrons. The molecule has 2 fully saturated rings. The van der Waals surface area contributed by atoms with Crippen molar-refractivity contribution in [3.8, 4) is 0 Å². The first-order valence-corrected chi connectivity index (χ1v) is 7.68. The summed E-state index contributed by atoms with van der Waals surface area (Å²) in [6, 6.07) is 7.80. The van der Waals surface area contributed by atoms with E-state index in [4.69, 9.17) is 0 Å². The second-order valence-corrected chi connectivity index (χ2v) is 7.35. The average molecular weight is 251 g/mol. The highest BCUT2D eigenvalue weighted by atomic mass is 32.2. The van der Waals surface area contributed by atoms with Crippen molar-refractivity contribution in [3.05, 3.63) is 29.8 Å². The molecule has 3 nitrogen and oxygen atoms in total. The van der Waals surface area contributed by atoms with Gasteiger partial charge in [0.15, 0.2) is 9.84 Å². The van der Waals surface area contributed by atoms with E-state index < -0.39 is 9.84 Å². The number of rotatable bonds is 2. The molecule has 2 heterocycles. The smallest absolute Gasteiger partial charge is 0.182 e. The van der Waals surface area contributed by atoms with E-state index in [0.29, 0.717) is 10.9 Å². The first kappa shape index (κ1) is 11.2. The van der Waals surface area contributed by atoms with Crippen molar-refractivity contribution in [2.24, 2.45) is 0 Å². The Labute approximate surface area is 102 Å². The van der Waals surface area contributed by atoms with E-state index in [2.05, 4.69) is 5.32 Å². The monoisotopic (exact) mass is 251 g/mol. The van der Waals surface area contributed by atoms with Gasteiger partial charge < -0.3 is 5.32 Å². The number of hydrogen-bond donors (Lipinski definition) is 1. The number of sulfone groups is 1. The van der Waals surface area contributed by atoms with Crippen LogP contribution in [0.25, 0.3) is 0 Å². The second-order valence-electron chi connectivity index (χ2n) is 5.18. The van der Waals surface area contributed by atoms with Crippen LogP contribution in [-0.4, -0.2) is 25.8 Å². The molecule has 4 heteroatoms. The van der Waals surface area contributed by atoms with Crippen molar-refractivity contribution >= 4 is 9.84 Å². The number of hydrogen-bond acceptors (Lipinski definition) is 3. The highest BCUT2D eigenvalue weighted by Gasteiger charge is 2.46. The second kappa shape index (κ2) is 3.82. The topological polar surface area (TPSA) is 46.2 Å². The summed E-state index contributed by atoms with van der Waals surface area (Å²) in [4.78, 5) is 0.474. The SMILES string of the molecule is Cc1ccc(S(=O)(=O)C2CC3CCC2N3)cc1. The van der Waals surface area contributed by atoms with Gasteiger partial charge in [0.2, 0.25) is 0 Å². The van der Waals surface area contributed by atoms with Crippen LogP contribution in [0.5, 0.6) is 0 Å². The van der Waals surface area contributed by atoms with Gasteiger partial charge in [0.25, 0.3) is 0 Å². The Morgan fingerprint density at radius 3 is 2.41 bits per heavy atom. The molecule has 0 radical (unpaired) electrons. The third kappa shape index (κ3) is 1.79. The van der Waals surface area contributed by atoms with Crippen LogP contribution in [0.15, 0.2) is 29.2 Å². The summed E-state index contributed by atoms with van der Waals surface area (Å²) in [7, 11) is -3.15. The predicted octanol–water partition coefficient (Wildman–Crippen LogP) is 1.66. The number of aryl methyl sites for hydroxylation is 1. The van der Waals surface area contributed by atoms with Crippen molar-refractivity contribution in [2.75, 3.05) is 0 Å². The van der Waals surface area contributed by atoms with Gasteiger partial charge in [0.05, 0.1) is 10.1 Å². The van der Waals surface area contributed by atoms with Gasteiger partial charge in [-0.1, -0.05) is 17.7 Å². The molecule has 0 aliphatic carbocycles. The van der Waals surface area contributed by atoms with Crippen LogP contribution in [0, 0.1) is 6.92 Å². The fraction of sp³-hybridized carbons (Fsp3) is 0.538. The minimum Gasteiger partial charge on any atom is -0.310 e. The normalized spacial score (nSPS) is 31.9. The Morgan fingerprint density at radius 2 is 1.88 bits per heavy atom. The van der Waals surface area contributed by atoms with E-state index in [9.17, 15) is 8.42 Å². The van der Waals surface area contributed by atoms with Crippen molar-refractivity contribution in [3.63, 3.8) is 0 Å². The molecule has 17 heavy (non-hydrogen) atoms. The molecule has 2 aliphatic heterocycles. The van der Waals surface area contributed by atoms with E-state index in [1.807, 2.05) is 19.1 Å². The van der Waals surface area contributed by atoms with E-state index >= 15 is 0 Å². The van der Waals surface area contributed by atoms with Crippen LogP contribution >= 0.6 is 0 Å². The maximum Gasteiger partial charge on any atom is 0.182 e. The highest BCUT2D eigenvalue weighted by molar-refractivity contribution is 7.92.